The van der Waals surface area contributed by atoms with Crippen molar-refractivity contribution in [2.45, 2.75) is 19.8 Å². The number of aliphatic carboxylic acids is 2. The van der Waals surface area contributed by atoms with Crippen LogP contribution >= 0.6 is 0 Å². The molecule has 0 aliphatic carbocycles. The number of ether oxygens (including phenoxy) is 1. The van der Waals surface area contributed by atoms with Crippen LogP contribution in [0.15, 0.2) is 0 Å². The van der Waals surface area contributed by atoms with Gasteiger partial charge in [0.05, 0.1) is 13.5 Å². The number of carboxylic acid groups (broad SMARTS) is 2. The molecule has 2 atom stereocenters. The van der Waals surface area contributed by atoms with Crippen molar-refractivity contribution in [2.75, 3.05) is 7.11 Å². The van der Waals surface area contributed by atoms with E-state index in [0.717, 1.165) is 14.0 Å². The van der Waals surface area contributed by atoms with E-state index in [9.17, 15) is 29.4 Å². The predicted octanol–water partition coefficient (Wildman–Crippen LogP) is -2.74. The van der Waals surface area contributed by atoms with Crippen LogP contribution in [0.25, 0.3) is 0 Å². The average Bonchev–Trinajstić information content (AvgIpc) is 2.21. The van der Waals surface area contributed by atoms with Gasteiger partial charge in [-0.25, -0.2) is 0 Å². The highest BCUT2D eigenvalue weighted by atomic mass is 16.5. The molecule has 2 unspecified atom stereocenters. The van der Waals surface area contributed by atoms with E-state index in [1.54, 1.807) is 0 Å². The van der Waals surface area contributed by atoms with Crippen molar-refractivity contribution in [1.29, 1.82) is 0 Å². The number of rotatable bonds is 7. The van der Waals surface area contributed by atoms with Gasteiger partial charge in [0.2, 0.25) is 0 Å². The van der Waals surface area contributed by atoms with E-state index >= 15 is 0 Å². The molecule has 0 rings (SSSR count). The number of ketones is 1. The van der Waals surface area contributed by atoms with E-state index in [1.165, 1.54) is 0 Å². The summed E-state index contributed by atoms with van der Waals surface area (Å²) in [6, 6.07) is 0. The maximum Gasteiger partial charge on any atom is 0.306 e. The van der Waals surface area contributed by atoms with Crippen LogP contribution in [0.2, 0.25) is 0 Å². The van der Waals surface area contributed by atoms with Gasteiger partial charge in [-0.05, 0) is 6.92 Å². The molecule has 0 aromatic carbocycles. The molecule has 7 nitrogen and oxygen atoms in total. The van der Waals surface area contributed by atoms with Gasteiger partial charge in [0, 0.05) is 30.2 Å². The second kappa shape index (κ2) is 6.62. The van der Waals surface area contributed by atoms with Crippen LogP contribution in [-0.4, -0.2) is 30.8 Å². The summed E-state index contributed by atoms with van der Waals surface area (Å²) in [6.45, 7) is 1.11. The molecule has 0 radical (unpaired) electrons. The number of carbonyl (C=O) groups is 4. The third kappa shape index (κ3) is 5.10. The molecule has 17 heavy (non-hydrogen) atoms. The Labute approximate surface area is 97.4 Å². The van der Waals surface area contributed by atoms with Gasteiger partial charge in [-0.1, -0.05) is 0 Å². The molecule has 0 amide bonds. The first-order valence-corrected chi connectivity index (χ1v) is 4.77. The molecule has 0 aromatic heterocycles. The minimum Gasteiger partial charge on any atom is -0.550 e. The van der Waals surface area contributed by atoms with Crippen LogP contribution < -0.4 is 10.2 Å². The topological polar surface area (TPSA) is 124 Å². The summed E-state index contributed by atoms with van der Waals surface area (Å²) in [5, 5.41) is 21.5. The smallest absolute Gasteiger partial charge is 0.306 e. The second-order valence-electron chi connectivity index (χ2n) is 3.54. The Bertz CT molecular complexity index is 334. The SMILES string of the molecule is COC(=O)CC(C(=O)[O-])C(CC(C)=O)C(=O)[O-]. The lowest BCUT2D eigenvalue weighted by atomic mass is 9.86. The maximum atomic E-state index is 10.9. The molecular weight excluding hydrogens is 232 g/mol. The third-order valence-electron chi connectivity index (χ3n) is 2.21. The highest BCUT2D eigenvalue weighted by Crippen LogP contribution is 2.20. The summed E-state index contributed by atoms with van der Waals surface area (Å²) in [6.07, 6.45) is -1.21. The van der Waals surface area contributed by atoms with Gasteiger partial charge in [-0.2, -0.15) is 0 Å². The van der Waals surface area contributed by atoms with Crippen molar-refractivity contribution in [3.05, 3.63) is 0 Å². The second-order valence-corrected chi connectivity index (χ2v) is 3.54. The van der Waals surface area contributed by atoms with E-state index in [-0.39, 0.29) is 0 Å². The van der Waals surface area contributed by atoms with Crippen LogP contribution in [0.4, 0.5) is 0 Å². The van der Waals surface area contributed by atoms with Crippen molar-refractivity contribution in [3.63, 3.8) is 0 Å². The van der Waals surface area contributed by atoms with Crippen LogP contribution in [0.1, 0.15) is 19.8 Å². The lowest BCUT2D eigenvalue weighted by Crippen LogP contribution is -2.45. The molecule has 7 heteroatoms. The summed E-state index contributed by atoms with van der Waals surface area (Å²) in [5.41, 5.74) is 0. The molecule has 0 aliphatic rings. The quantitative estimate of drug-likeness (QED) is 0.445. The summed E-state index contributed by atoms with van der Waals surface area (Å²) in [7, 11) is 1.04. The number of carbonyl (C=O) groups excluding carboxylic acids is 4. The van der Waals surface area contributed by atoms with Crippen LogP contribution in [0, 0.1) is 11.8 Å². The van der Waals surface area contributed by atoms with Gasteiger partial charge in [0.15, 0.2) is 0 Å². The Balaban J connectivity index is 4.96. The van der Waals surface area contributed by atoms with Gasteiger partial charge in [0.1, 0.15) is 5.78 Å². The minimum absolute atomic E-state index is 0.518. The van der Waals surface area contributed by atoms with Crippen LogP contribution in [0.3, 0.4) is 0 Å². The predicted molar refractivity (Wildman–Crippen MR) is 48.9 cm³/mol. The van der Waals surface area contributed by atoms with Gasteiger partial charge < -0.3 is 29.3 Å². The van der Waals surface area contributed by atoms with E-state index in [2.05, 4.69) is 4.74 Å². The highest BCUT2D eigenvalue weighted by molar-refractivity contribution is 5.87. The fourth-order valence-electron chi connectivity index (χ4n) is 1.35. The van der Waals surface area contributed by atoms with E-state index in [0.29, 0.717) is 0 Å². The lowest BCUT2D eigenvalue weighted by molar-refractivity contribution is -0.326. The van der Waals surface area contributed by atoms with Crippen molar-refractivity contribution in [3.8, 4) is 0 Å². The summed E-state index contributed by atoms with van der Waals surface area (Å²) < 4.78 is 4.24. The first-order valence-electron chi connectivity index (χ1n) is 4.77. The largest absolute Gasteiger partial charge is 0.550 e. The molecule has 0 spiro atoms. The number of carboxylic acids is 2. The Morgan fingerprint density at radius 1 is 1.00 bits per heavy atom. The summed E-state index contributed by atoms with van der Waals surface area (Å²) in [4.78, 5) is 43.2. The number of hydrogen-bond donors (Lipinski definition) is 0. The number of methoxy groups -OCH3 is 1. The highest BCUT2D eigenvalue weighted by Gasteiger charge is 2.27. The van der Waals surface area contributed by atoms with Crippen molar-refractivity contribution < 1.29 is 34.1 Å². The van der Waals surface area contributed by atoms with E-state index in [4.69, 9.17) is 0 Å². The molecule has 0 fully saturated rings. The fraction of sp³-hybridized carbons (Fsp3) is 0.600. The van der Waals surface area contributed by atoms with Crippen molar-refractivity contribution in [1.82, 2.24) is 0 Å². The molecule has 96 valence electrons. The van der Waals surface area contributed by atoms with Gasteiger partial charge >= 0.3 is 5.97 Å². The maximum absolute atomic E-state index is 10.9. The van der Waals surface area contributed by atoms with Crippen LogP contribution in [-0.2, 0) is 23.9 Å². The van der Waals surface area contributed by atoms with Crippen molar-refractivity contribution in [2.24, 2.45) is 11.8 Å². The van der Waals surface area contributed by atoms with E-state index < -0.39 is 48.4 Å². The fourth-order valence-corrected chi connectivity index (χ4v) is 1.35. The van der Waals surface area contributed by atoms with Gasteiger partial charge in [-0.3, -0.25) is 4.79 Å². The third-order valence-corrected chi connectivity index (χ3v) is 2.21. The monoisotopic (exact) mass is 244 g/mol. The summed E-state index contributed by atoms with van der Waals surface area (Å²) in [5.74, 6) is -8.10. The van der Waals surface area contributed by atoms with Gasteiger partial charge in [0.25, 0.3) is 0 Å². The zero-order chi connectivity index (χ0) is 13.6. The Hall–Kier alpha value is -1.92. The molecule has 0 bridgehead atoms. The normalized spacial score (nSPS) is 13.5. The molecule has 0 aromatic rings. The first kappa shape index (κ1) is 15.1. The Kier molecular flexibility index (Phi) is 5.87. The molecule has 0 saturated heterocycles. The molecule has 0 N–H and O–H groups in total. The van der Waals surface area contributed by atoms with Crippen LogP contribution in [0.5, 0.6) is 0 Å². The zero-order valence-electron chi connectivity index (χ0n) is 9.43. The lowest BCUT2D eigenvalue weighted by Gasteiger charge is -2.27. The summed E-state index contributed by atoms with van der Waals surface area (Å²) >= 11 is 0. The molecule has 0 heterocycles. The average molecular weight is 244 g/mol. The van der Waals surface area contributed by atoms with E-state index in [1.807, 2.05) is 0 Å². The Morgan fingerprint density at radius 3 is 1.71 bits per heavy atom. The first-order chi connectivity index (χ1) is 7.79. The molecule has 0 aliphatic heterocycles. The van der Waals surface area contributed by atoms with Crippen molar-refractivity contribution >= 4 is 23.7 Å². The van der Waals surface area contributed by atoms with Gasteiger partial charge in [-0.15, -0.1) is 0 Å². The minimum atomic E-state index is -1.73. The zero-order valence-corrected chi connectivity index (χ0v) is 9.43. The Morgan fingerprint density at radius 2 is 1.41 bits per heavy atom. The standard InChI is InChI=1S/C10H14O7/c1-5(11)3-6(9(13)14)7(10(15)16)4-8(12)17-2/h6-7H,3-4H2,1-2H3,(H,13,14)(H,15,16)/p-2. The number of hydrogen-bond acceptors (Lipinski definition) is 7. The molecule has 0 saturated carbocycles. The number of esters is 1. The number of Topliss-reactive ketones (excluding diaryl/α,β-unsaturated/α-hetero) is 1. The molecular formula is C10H12O7-2.